The molecule has 90 valence electrons. The van der Waals surface area contributed by atoms with Crippen molar-refractivity contribution in [2.24, 2.45) is 5.73 Å². The summed E-state index contributed by atoms with van der Waals surface area (Å²) in [6.45, 7) is 1.76. The average Bonchev–Trinajstić information content (AvgIpc) is 2.13. The lowest BCUT2D eigenvalue weighted by molar-refractivity contribution is 0.590. The zero-order valence-electron chi connectivity index (χ0n) is 9.40. The van der Waals surface area contributed by atoms with E-state index in [9.17, 15) is 12.8 Å². The van der Waals surface area contributed by atoms with Crippen molar-refractivity contribution in [1.29, 1.82) is 0 Å². The van der Waals surface area contributed by atoms with Crippen LogP contribution in [0.25, 0.3) is 0 Å². The van der Waals surface area contributed by atoms with Crippen LogP contribution < -0.4 is 5.73 Å². The van der Waals surface area contributed by atoms with Gasteiger partial charge in [0.05, 0.1) is 5.75 Å². The Kier molecular flexibility index (Phi) is 4.04. The monoisotopic (exact) mass is 245 g/mol. The molecule has 2 N–H and O–H groups in total. The SMILES string of the molecule is Cc1cc(F)ccc1C(N)CCS(C)(=O)=O. The van der Waals surface area contributed by atoms with Gasteiger partial charge < -0.3 is 5.73 Å². The third-order valence-electron chi connectivity index (χ3n) is 2.43. The highest BCUT2D eigenvalue weighted by Gasteiger charge is 2.12. The maximum absolute atomic E-state index is 12.8. The van der Waals surface area contributed by atoms with Crippen molar-refractivity contribution in [1.82, 2.24) is 0 Å². The molecule has 0 aliphatic heterocycles. The number of hydrogen-bond acceptors (Lipinski definition) is 3. The smallest absolute Gasteiger partial charge is 0.147 e. The Bertz CT molecular complexity index is 471. The summed E-state index contributed by atoms with van der Waals surface area (Å²) in [5.41, 5.74) is 7.41. The van der Waals surface area contributed by atoms with Crippen LogP contribution in [0.2, 0.25) is 0 Å². The molecule has 3 nitrogen and oxygen atoms in total. The molecule has 0 spiro atoms. The predicted octanol–water partition coefficient (Wildman–Crippen LogP) is 1.57. The third-order valence-corrected chi connectivity index (χ3v) is 3.41. The number of benzene rings is 1. The van der Waals surface area contributed by atoms with Crippen LogP contribution in [0.5, 0.6) is 0 Å². The number of aryl methyl sites for hydroxylation is 1. The van der Waals surface area contributed by atoms with Crippen molar-refractivity contribution in [2.75, 3.05) is 12.0 Å². The molecule has 1 aromatic carbocycles. The first-order valence-corrected chi connectivity index (χ1v) is 7.05. The van der Waals surface area contributed by atoms with Crippen LogP contribution >= 0.6 is 0 Å². The number of hydrogen-bond donors (Lipinski definition) is 1. The Morgan fingerprint density at radius 1 is 1.44 bits per heavy atom. The molecule has 0 aliphatic rings. The molecule has 0 aromatic heterocycles. The largest absolute Gasteiger partial charge is 0.324 e. The van der Waals surface area contributed by atoms with E-state index in [1.165, 1.54) is 18.4 Å². The molecule has 1 rings (SSSR count). The molecule has 0 fully saturated rings. The molecule has 0 saturated carbocycles. The summed E-state index contributed by atoms with van der Waals surface area (Å²) in [5.74, 6) is -0.262. The van der Waals surface area contributed by atoms with Crippen LogP contribution in [0.15, 0.2) is 18.2 Å². The molecule has 0 amide bonds. The van der Waals surface area contributed by atoms with E-state index in [0.717, 1.165) is 11.1 Å². The Morgan fingerprint density at radius 2 is 2.06 bits per heavy atom. The highest BCUT2D eigenvalue weighted by Crippen LogP contribution is 2.19. The predicted molar refractivity (Wildman–Crippen MR) is 62.4 cm³/mol. The molecular formula is C11H16FNO2S. The summed E-state index contributed by atoms with van der Waals surface area (Å²) >= 11 is 0. The van der Waals surface area contributed by atoms with Crippen molar-refractivity contribution in [3.05, 3.63) is 35.1 Å². The molecule has 5 heteroatoms. The first-order chi connectivity index (χ1) is 7.29. The lowest BCUT2D eigenvalue weighted by atomic mass is 10.0. The normalized spacial score (nSPS) is 13.8. The van der Waals surface area contributed by atoms with Crippen molar-refractivity contribution < 1.29 is 12.8 Å². The fraction of sp³-hybridized carbons (Fsp3) is 0.455. The van der Waals surface area contributed by atoms with E-state index in [2.05, 4.69) is 0 Å². The molecule has 0 heterocycles. The number of rotatable bonds is 4. The van der Waals surface area contributed by atoms with Gasteiger partial charge in [-0.2, -0.15) is 0 Å². The Balaban J connectivity index is 2.77. The second kappa shape index (κ2) is 4.93. The maximum Gasteiger partial charge on any atom is 0.147 e. The standard InChI is InChI=1S/C11H16FNO2S/c1-8-7-9(12)3-4-10(8)11(13)5-6-16(2,14)15/h3-4,7,11H,5-6,13H2,1-2H3. The quantitative estimate of drug-likeness (QED) is 0.876. The van der Waals surface area contributed by atoms with Gasteiger partial charge in [-0.1, -0.05) is 6.07 Å². The second-order valence-corrected chi connectivity index (χ2v) is 6.29. The van der Waals surface area contributed by atoms with Crippen molar-refractivity contribution in [2.45, 2.75) is 19.4 Å². The summed E-state index contributed by atoms with van der Waals surface area (Å²) in [7, 11) is -3.00. The first kappa shape index (κ1) is 13.1. The Labute approximate surface area is 95.4 Å². The van der Waals surface area contributed by atoms with Gasteiger partial charge in [0.15, 0.2) is 0 Å². The number of sulfone groups is 1. The van der Waals surface area contributed by atoms with Crippen molar-refractivity contribution >= 4 is 9.84 Å². The third kappa shape index (κ3) is 3.90. The summed E-state index contributed by atoms with van der Waals surface area (Å²) in [5, 5.41) is 0. The molecule has 16 heavy (non-hydrogen) atoms. The maximum atomic E-state index is 12.8. The van der Waals surface area contributed by atoms with Gasteiger partial charge in [-0.25, -0.2) is 12.8 Å². The van der Waals surface area contributed by atoms with Crippen LogP contribution in [-0.4, -0.2) is 20.4 Å². The minimum Gasteiger partial charge on any atom is -0.324 e. The van der Waals surface area contributed by atoms with Crippen LogP contribution in [-0.2, 0) is 9.84 Å². The molecule has 1 aromatic rings. The van der Waals surface area contributed by atoms with Gasteiger partial charge in [-0.05, 0) is 36.6 Å². The molecule has 0 saturated heterocycles. The number of halogens is 1. The second-order valence-electron chi connectivity index (χ2n) is 4.03. The first-order valence-electron chi connectivity index (χ1n) is 4.99. The van der Waals surface area contributed by atoms with Gasteiger partial charge in [-0.15, -0.1) is 0 Å². The van der Waals surface area contributed by atoms with Crippen LogP contribution in [0.1, 0.15) is 23.6 Å². The van der Waals surface area contributed by atoms with E-state index in [1.807, 2.05) is 0 Å². The summed E-state index contributed by atoms with van der Waals surface area (Å²) < 4.78 is 34.8. The summed E-state index contributed by atoms with van der Waals surface area (Å²) in [4.78, 5) is 0. The Hall–Kier alpha value is -0.940. The molecule has 1 unspecified atom stereocenters. The lowest BCUT2D eigenvalue weighted by Gasteiger charge is -2.14. The van der Waals surface area contributed by atoms with Gasteiger partial charge in [0, 0.05) is 12.3 Å². The van der Waals surface area contributed by atoms with E-state index in [1.54, 1.807) is 13.0 Å². The van der Waals surface area contributed by atoms with Crippen LogP contribution in [0.3, 0.4) is 0 Å². The lowest BCUT2D eigenvalue weighted by Crippen LogP contribution is -2.16. The number of nitrogens with two attached hydrogens (primary N) is 1. The highest BCUT2D eigenvalue weighted by atomic mass is 32.2. The topological polar surface area (TPSA) is 60.2 Å². The fourth-order valence-corrected chi connectivity index (χ4v) is 2.23. The van der Waals surface area contributed by atoms with E-state index < -0.39 is 9.84 Å². The van der Waals surface area contributed by atoms with E-state index in [0.29, 0.717) is 6.42 Å². The minimum atomic E-state index is -3.00. The average molecular weight is 245 g/mol. The van der Waals surface area contributed by atoms with Gasteiger partial charge >= 0.3 is 0 Å². The van der Waals surface area contributed by atoms with E-state index in [-0.39, 0.29) is 17.6 Å². The molecule has 0 aliphatic carbocycles. The van der Waals surface area contributed by atoms with Gasteiger partial charge in [0.2, 0.25) is 0 Å². The molecule has 0 radical (unpaired) electrons. The zero-order chi connectivity index (χ0) is 12.3. The van der Waals surface area contributed by atoms with Crippen LogP contribution in [0.4, 0.5) is 4.39 Å². The van der Waals surface area contributed by atoms with E-state index >= 15 is 0 Å². The Morgan fingerprint density at radius 3 is 2.56 bits per heavy atom. The van der Waals surface area contributed by atoms with Crippen LogP contribution in [0, 0.1) is 12.7 Å². The molecule has 0 bridgehead atoms. The molecule has 1 atom stereocenters. The van der Waals surface area contributed by atoms with Crippen molar-refractivity contribution in [3.63, 3.8) is 0 Å². The summed E-state index contributed by atoms with van der Waals surface area (Å²) in [6.07, 6.45) is 1.53. The van der Waals surface area contributed by atoms with E-state index in [4.69, 9.17) is 5.73 Å². The van der Waals surface area contributed by atoms with Gasteiger partial charge in [0.1, 0.15) is 15.7 Å². The highest BCUT2D eigenvalue weighted by molar-refractivity contribution is 7.90. The minimum absolute atomic E-state index is 0.0466. The molecular weight excluding hydrogens is 229 g/mol. The fourth-order valence-electron chi connectivity index (χ4n) is 1.55. The van der Waals surface area contributed by atoms with Crippen molar-refractivity contribution in [3.8, 4) is 0 Å². The zero-order valence-corrected chi connectivity index (χ0v) is 10.2. The van der Waals surface area contributed by atoms with Gasteiger partial charge in [0.25, 0.3) is 0 Å². The van der Waals surface area contributed by atoms with Gasteiger partial charge in [-0.3, -0.25) is 0 Å². The summed E-state index contributed by atoms with van der Waals surface area (Å²) in [6, 6.07) is 3.98.